The van der Waals surface area contributed by atoms with Gasteiger partial charge in [-0.2, -0.15) is 11.8 Å². The van der Waals surface area contributed by atoms with Crippen molar-refractivity contribution < 1.29 is 14.3 Å². The fourth-order valence-corrected chi connectivity index (χ4v) is 1.63. The zero-order valence-corrected chi connectivity index (χ0v) is 10.9. The fraction of sp³-hybridized carbons (Fsp3) is 0.818. The van der Waals surface area contributed by atoms with E-state index < -0.39 is 0 Å². The zero-order chi connectivity index (χ0) is 12.2. The topological polar surface area (TPSA) is 55.4 Å². The lowest BCUT2D eigenvalue weighted by Gasteiger charge is -2.04. The van der Waals surface area contributed by atoms with Crippen LogP contribution in [0.3, 0.4) is 0 Å². The van der Waals surface area contributed by atoms with Gasteiger partial charge in [-0.1, -0.05) is 0 Å². The molecule has 0 radical (unpaired) electrons. The van der Waals surface area contributed by atoms with Crippen LogP contribution < -0.4 is 5.32 Å². The number of hydrogen-bond donors (Lipinski definition) is 1. The number of rotatable bonds is 9. The van der Waals surface area contributed by atoms with Crippen LogP contribution in [0.5, 0.6) is 0 Å². The van der Waals surface area contributed by atoms with Crippen molar-refractivity contribution >= 4 is 23.6 Å². The Labute approximate surface area is 101 Å². The van der Waals surface area contributed by atoms with Crippen LogP contribution in [0.15, 0.2) is 0 Å². The van der Waals surface area contributed by atoms with Crippen LogP contribution >= 0.6 is 11.8 Å². The lowest BCUT2D eigenvalue weighted by Crippen LogP contribution is -2.25. The highest BCUT2D eigenvalue weighted by Crippen LogP contribution is 1.98. The molecule has 0 fully saturated rings. The predicted molar refractivity (Wildman–Crippen MR) is 66.5 cm³/mol. The lowest BCUT2D eigenvalue weighted by molar-refractivity contribution is -0.144. The maximum atomic E-state index is 11.3. The number of thioether (sulfide) groups is 1. The first-order valence-corrected chi connectivity index (χ1v) is 7.01. The molecule has 0 atom stereocenters. The molecule has 0 aromatic heterocycles. The Hall–Kier alpha value is -0.710. The third-order valence-electron chi connectivity index (χ3n) is 1.96. The lowest BCUT2D eigenvalue weighted by atomic mass is 10.3. The molecule has 0 rings (SSSR count). The van der Waals surface area contributed by atoms with Crippen molar-refractivity contribution in [1.29, 1.82) is 0 Å². The van der Waals surface area contributed by atoms with Gasteiger partial charge in [0.15, 0.2) is 0 Å². The minimum Gasteiger partial charge on any atom is -0.466 e. The molecule has 0 saturated carbocycles. The van der Waals surface area contributed by atoms with Crippen LogP contribution in [0.1, 0.15) is 32.6 Å². The van der Waals surface area contributed by atoms with Crippen molar-refractivity contribution in [2.45, 2.75) is 32.6 Å². The summed E-state index contributed by atoms with van der Waals surface area (Å²) in [5, 5.41) is 2.78. The van der Waals surface area contributed by atoms with Crippen molar-refractivity contribution in [2.24, 2.45) is 0 Å². The zero-order valence-electron chi connectivity index (χ0n) is 10.1. The number of amides is 1. The molecule has 1 N–H and O–H groups in total. The van der Waals surface area contributed by atoms with E-state index in [0.717, 1.165) is 18.6 Å². The summed E-state index contributed by atoms with van der Waals surface area (Å²) < 4.78 is 4.73. The van der Waals surface area contributed by atoms with Gasteiger partial charge in [-0.25, -0.2) is 0 Å². The second-order valence-corrected chi connectivity index (χ2v) is 4.34. The number of carbonyl (C=O) groups excluding carboxylic acids is 2. The first-order chi connectivity index (χ1) is 7.70. The number of esters is 1. The van der Waals surface area contributed by atoms with E-state index in [1.165, 1.54) is 0 Å². The van der Waals surface area contributed by atoms with Gasteiger partial charge in [0.2, 0.25) is 5.91 Å². The Morgan fingerprint density at radius 1 is 1.25 bits per heavy atom. The maximum absolute atomic E-state index is 11.3. The largest absolute Gasteiger partial charge is 0.466 e. The monoisotopic (exact) mass is 247 g/mol. The molecule has 0 saturated heterocycles. The molecule has 0 aliphatic heterocycles. The first kappa shape index (κ1) is 15.3. The molecule has 0 unspecified atom stereocenters. The molecule has 16 heavy (non-hydrogen) atoms. The molecule has 94 valence electrons. The average molecular weight is 247 g/mol. The molecule has 0 aromatic carbocycles. The molecule has 0 heterocycles. The number of ether oxygens (including phenoxy) is 1. The minimum atomic E-state index is -0.306. The third-order valence-corrected chi connectivity index (χ3v) is 2.66. The van der Waals surface area contributed by atoms with Gasteiger partial charge in [-0.3, -0.25) is 9.59 Å². The summed E-state index contributed by atoms with van der Waals surface area (Å²) in [4.78, 5) is 22.2. The van der Waals surface area contributed by atoms with Crippen LogP contribution in [-0.4, -0.2) is 37.0 Å². The fourth-order valence-electron chi connectivity index (χ4n) is 1.14. The van der Waals surface area contributed by atoms with E-state index in [0.29, 0.717) is 13.2 Å². The molecule has 0 aliphatic carbocycles. The Kier molecular flexibility index (Phi) is 10.3. The summed E-state index contributed by atoms with van der Waals surface area (Å²) in [5.74, 6) is 0.746. The molecular formula is C11H21NO3S. The first-order valence-electron chi connectivity index (χ1n) is 5.62. The number of carbonyl (C=O) groups is 2. The van der Waals surface area contributed by atoms with Crippen molar-refractivity contribution in [3.63, 3.8) is 0 Å². The van der Waals surface area contributed by atoms with E-state index in [-0.39, 0.29) is 24.7 Å². The standard InChI is InChI=1S/C11H21NO3S/c1-3-15-11(14)7-6-10(13)12-8-4-5-9-16-2/h3-9H2,1-2H3,(H,12,13). The Balaban J connectivity index is 3.34. The SMILES string of the molecule is CCOC(=O)CCC(=O)NCCCCSC. The molecule has 5 heteroatoms. The minimum absolute atomic E-state index is 0.0720. The van der Waals surface area contributed by atoms with Gasteiger partial charge < -0.3 is 10.1 Å². The quantitative estimate of drug-likeness (QED) is 0.496. The maximum Gasteiger partial charge on any atom is 0.306 e. The van der Waals surface area contributed by atoms with Crippen LogP contribution in [-0.2, 0) is 14.3 Å². The number of hydrogen-bond acceptors (Lipinski definition) is 4. The highest BCUT2D eigenvalue weighted by molar-refractivity contribution is 7.98. The Morgan fingerprint density at radius 3 is 2.62 bits per heavy atom. The van der Waals surface area contributed by atoms with Crippen molar-refractivity contribution in [1.82, 2.24) is 5.32 Å². The van der Waals surface area contributed by atoms with Gasteiger partial charge in [-0.05, 0) is 31.8 Å². The van der Waals surface area contributed by atoms with Crippen molar-refractivity contribution in [2.75, 3.05) is 25.2 Å². The van der Waals surface area contributed by atoms with Crippen molar-refractivity contribution in [3.8, 4) is 0 Å². The molecule has 0 bridgehead atoms. The number of unbranched alkanes of at least 4 members (excludes halogenated alkanes) is 1. The highest BCUT2D eigenvalue weighted by atomic mass is 32.2. The van der Waals surface area contributed by atoms with Crippen LogP contribution in [0, 0.1) is 0 Å². The van der Waals surface area contributed by atoms with Gasteiger partial charge >= 0.3 is 5.97 Å². The number of nitrogens with one attached hydrogen (secondary N) is 1. The van der Waals surface area contributed by atoms with Gasteiger partial charge in [-0.15, -0.1) is 0 Å². The summed E-state index contributed by atoms with van der Waals surface area (Å²) >= 11 is 1.81. The van der Waals surface area contributed by atoms with E-state index in [4.69, 9.17) is 4.74 Å². The van der Waals surface area contributed by atoms with Crippen LogP contribution in [0.2, 0.25) is 0 Å². The Morgan fingerprint density at radius 2 is 2.00 bits per heavy atom. The average Bonchev–Trinajstić information content (AvgIpc) is 2.26. The summed E-state index contributed by atoms with van der Waals surface area (Å²) in [7, 11) is 0. The van der Waals surface area contributed by atoms with Crippen LogP contribution in [0.25, 0.3) is 0 Å². The smallest absolute Gasteiger partial charge is 0.306 e. The second-order valence-electron chi connectivity index (χ2n) is 3.35. The summed E-state index contributed by atoms with van der Waals surface area (Å²) in [6.45, 7) is 2.82. The van der Waals surface area contributed by atoms with Gasteiger partial charge in [0.1, 0.15) is 0 Å². The molecule has 0 aliphatic rings. The second kappa shape index (κ2) is 10.8. The van der Waals surface area contributed by atoms with E-state index in [2.05, 4.69) is 11.6 Å². The van der Waals surface area contributed by atoms with E-state index in [1.807, 2.05) is 0 Å². The molecule has 4 nitrogen and oxygen atoms in total. The van der Waals surface area contributed by atoms with Crippen LogP contribution in [0.4, 0.5) is 0 Å². The summed E-state index contributed by atoms with van der Waals surface area (Å²) in [6.07, 6.45) is 4.56. The Bertz CT molecular complexity index is 209. The normalized spacial score (nSPS) is 9.88. The van der Waals surface area contributed by atoms with Gasteiger partial charge in [0, 0.05) is 13.0 Å². The molecule has 1 amide bonds. The predicted octanol–water partition coefficient (Wildman–Crippen LogP) is 1.59. The molecule has 0 aromatic rings. The van der Waals surface area contributed by atoms with Gasteiger partial charge in [0.05, 0.1) is 13.0 Å². The summed E-state index contributed by atoms with van der Waals surface area (Å²) in [5.41, 5.74) is 0. The third kappa shape index (κ3) is 9.83. The molecular weight excluding hydrogens is 226 g/mol. The van der Waals surface area contributed by atoms with Crippen molar-refractivity contribution in [3.05, 3.63) is 0 Å². The van der Waals surface area contributed by atoms with E-state index >= 15 is 0 Å². The van der Waals surface area contributed by atoms with E-state index in [9.17, 15) is 9.59 Å². The van der Waals surface area contributed by atoms with Gasteiger partial charge in [0.25, 0.3) is 0 Å². The molecule has 0 spiro atoms. The van der Waals surface area contributed by atoms with E-state index in [1.54, 1.807) is 18.7 Å². The highest BCUT2D eigenvalue weighted by Gasteiger charge is 2.06. The summed E-state index contributed by atoms with van der Waals surface area (Å²) in [6, 6.07) is 0.